The fourth-order valence-corrected chi connectivity index (χ4v) is 1.50. The third-order valence-corrected chi connectivity index (χ3v) is 2.46. The largest absolute Gasteiger partial charge is 0.495 e. The molecular formula is C12H19N3O2. The van der Waals surface area contributed by atoms with E-state index in [1.54, 1.807) is 14.2 Å². The Morgan fingerprint density at radius 1 is 1.47 bits per heavy atom. The van der Waals surface area contributed by atoms with Crippen molar-refractivity contribution in [3.05, 3.63) is 24.3 Å². The minimum atomic E-state index is -0.105. The SMILES string of the molecule is CNC(=O)CC(CN)Nc1ccccc1OC. The molecular weight excluding hydrogens is 218 g/mol. The summed E-state index contributed by atoms with van der Waals surface area (Å²) in [6.45, 7) is 0.380. The van der Waals surface area contributed by atoms with Crippen LogP contribution in [-0.2, 0) is 4.79 Å². The van der Waals surface area contributed by atoms with Crippen LogP contribution in [0.2, 0.25) is 0 Å². The van der Waals surface area contributed by atoms with Gasteiger partial charge in [-0.05, 0) is 12.1 Å². The van der Waals surface area contributed by atoms with Gasteiger partial charge in [0.1, 0.15) is 5.75 Å². The number of carbonyl (C=O) groups is 1. The maximum absolute atomic E-state index is 11.3. The monoisotopic (exact) mass is 237 g/mol. The van der Waals surface area contributed by atoms with Gasteiger partial charge in [-0.1, -0.05) is 12.1 Å². The second-order valence-corrected chi connectivity index (χ2v) is 3.65. The second-order valence-electron chi connectivity index (χ2n) is 3.65. The summed E-state index contributed by atoms with van der Waals surface area (Å²) in [5.74, 6) is 0.700. The molecule has 0 bridgehead atoms. The molecule has 4 N–H and O–H groups in total. The molecule has 1 amide bonds. The van der Waals surface area contributed by atoms with E-state index in [0.717, 1.165) is 11.4 Å². The summed E-state index contributed by atoms with van der Waals surface area (Å²) in [6.07, 6.45) is 0.338. The molecule has 0 saturated heterocycles. The Bertz CT molecular complexity index is 369. The topological polar surface area (TPSA) is 76.4 Å². The first kappa shape index (κ1) is 13.3. The molecule has 1 aromatic rings. The van der Waals surface area contributed by atoms with Crippen LogP contribution in [0.5, 0.6) is 5.75 Å². The standard InChI is InChI=1S/C12H19N3O2/c1-14-12(16)7-9(8-13)15-10-5-3-4-6-11(10)17-2/h3-6,9,15H,7-8,13H2,1-2H3,(H,14,16). The van der Waals surface area contributed by atoms with Gasteiger partial charge >= 0.3 is 0 Å². The van der Waals surface area contributed by atoms with Crippen molar-refractivity contribution in [2.75, 3.05) is 26.0 Å². The van der Waals surface area contributed by atoms with Crippen LogP contribution in [0.25, 0.3) is 0 Å². The van der Waals surface area contributed by atoms with Gasteiger partial charge in [-0.15, -0.1) is 0 Å². The fourth-order valence-electron chi connectivity index (χ4n) is 1.50. The minimum absolute atomic E-state index is 0.0390. The van der Waals surface area contributed by atoms with E-state index in [2.05, 4.69) is 10.6 Å². The van der Waals surface area contributed by atoms with Crippen LogP contribution in [-0.4, -0.2) is 32.7 Å². The van der Waals surface area contributed by atoms with Gasteiger partial charge in [-0.25, -0.2) is 0 Å². The molecule has 1 rings (SSSR count). The summed E-state index contributed by atoms with van der Waals surface area (Å²) < 4.78 is 5.22. The summed E-state index contributed by atoms with van der Waals surface area (Å²) in [6, 6.07) is 7.44. The van der Waals surface area contributed by atoms with Crippen molar-refractivity contribution in [2.24, 2.45) is 5.73 Å². The molecule has 0 aliphatic carbocycles. The first-order valence-electron chi connectivity index (χ1n) is 5.51. The number of nitrogens with two attached hydrogens (primary N) is 1. The molecule has 17 heavy (non-hydrogen) atoms. The van der Waals surface area contributed by atoms with E-state index in [1.165, 1.54) is 0 Å². The Labute approximate surface area is 101 Å². The molecule has 0 saturated carbocycles. The number of hydrogen-bond donors (Lipinski definition) is 3. The van der Waals surface area contributed by atoms with Crippen LogP contribution in [0.3, 0.4) is 0 Å². The highest BCUT2D eigenvalue weighted by Crippen LogP contribution is 2.23. The number of anilines is 1. The number of methoxy groups -OCH3 is 1. The Morgan fingerprint density at radius 2 is 2.18 bits per heavy atom. The van der Waals surface area contributed by atoms with Crippen LogP contribution < -0.4 is 21.1 Å². The first-order valence-corrected chi connectivity index (χ1v) is 5.51. The zero-order valence-electron chi connectivity index (χ0n) is 10.2. The molecule has 0 radical (unpaired) electrons. The highest BCUT2D eigenvalue weighted by molar-refractivity contribution is 5.76. The summed E-state index contributed by atoms with van der Waals surface area (Å²) in [5.41, 5.74) is 6.47. The Morgan fingerprint density at radius 3 is 2.76 bits per heavy atom. The molecule has 0 fully saturated rings. The van der Waals surface area contributed by atoms with Crippen molar-refractivity contribution < 1.29 is 9.53 Å². The van der Waals surface area contributed by atoms with E-state index in [9.17, 15) is 4.79 Å². The normalized spacial score (nSPS) is 11.7. The Balaban J connectivity index is 2.69. The maximum atomic E-state index is 11.3. The molecule has 1 aromatic carbocycles. The predicted octanol–water partition coefficient (Wildman–Crippen LogP) is 0.571. The van der Waals surface area contributed by atoms with Gasteiger partial charge in [0.05, 0.1) is 12.8 Å². The predicted molar refractivity (Wildman–Crippen MR) is 68.1 cm³/mol. The van der Waals surface area contributed by atoms with Crippen molar-refractivity contribution in [3.8, 4) is 5.75 Å². The van der Waals surface area contributed by atoms with E-state index in [4.69, 9.17) is 10.5 Å². The number of rotatable bonds is 6. The molecule has 94 valence electrons. The fraction of sp³-hybridized carbons (Fsp3) is 0.417. The van der Waals surface area contributed by atoms with Crippen LogP contribution in [0.1, 0.15) is 6.42 Å². The number of ether oxygens (including phenoxy) is 1. The zero-order chi connectivity index (χ0) is 12.7. The molecule has 0 aliphatic heterocycles. The van der Waals surface area contributed by atoms with E-state index < -0.39 is 0 Å². The van der Waals surface area contributed by atoms with Crippen LogP contribution in [0.4, 0.5) is 5.69 Å². The summed E-state index contributed by atoms with van der Waals surface area (Å²) in [4.78, 5) is 11.3. The van der Waals surface area contributed by atoms with Gasteiger partial charge in [-0.3, -0.25) is 4.79 Å². The molecule has 1 atom stereocenters. The van der Waals surface area contributed by atoms with Crippen molar-refractivity contribution >= 4 is 11.6 Å². The van der Waals surface area contributed by atoms with Crippen molar-refractivity contribution in [2.45, 2.75) is 12.5 Å². The zero-order valence-corrected chi connectivity index (χ0v) is 10.2. The molecule has 0 heterocycles. The van der Waals surface area contributed by atoms with Gasteiger partial charge < -0.3 is 21.1 Å². The van der Waals surface area contributed by atoms with Crippen molar-refractivity contribution in [1.29, 1.82) is 0 Å². The average Bonchev–Trinajstić information content (AvgIpc) is 2.38. The first-order chi connectivity index (χ1) is 8.21. The van der Waals surface area contributed by atoms with Crippen LogP contribution in [0.15, 0.2) is 24.3 Å². The quantitative estimate of drug-likeness (QED) is 0.676. The maximum Gasteiger partial charge on any atom is 0.221 e. The van der Waals surface area contributed by atoms with Gasteiger partial charge in [0, 0.05) is 26.1 Å². The Kier molecular flexibility index (Phi) is 5.29. The number of para-hydroxylation sites is 2. The third-order valence-electron chi connectivity index (χ3n) is 2.46. The van der Waals surface area contributed by atoms with Crippen molar-refractivity contribution in [1.82, 2.24) is 5.32 Å². The summed E-state index contributed by atoms with van der Waals surface area (Å²) in [7, 11) is 3.22. The molecule has 5 nitrogen and oxygen atoms in total. The number of hydrogen-bond acceptors (Lipinski definition) is 4. The van der Waals surface area contributed by atoms with E-state index in [1.807, 2.05) is 24.3 Å². The van der Waals surface area contributed by atoms with Crippen LogP contribution >= 0.6 is 0 Å². The molecule has 0 aliphatic rings. The number of carbonyl (C=O) groups excluding carboxylic acids is 1. The van der Waals surface area contributed by atoms with Gasteiger partial charge in [0.15, 0.2) is 0 Å². The average molecular weight is 237 g/mol. The van der Waals surface area contributed by atoms with Gasteiger partial charge in [0.2, 0.25) is 5.91 Å². The molecule has 0 aromatic heterocycles. The van der Waals surface area contributed by atoms with Gasteiger partial charge in [-0.2, -0.15) is 0 Å². The van der Waals surface area contributed by atoms with Crippen LogP contribution in [0, 0.1) is 0 Å². The lowest BCUT2D eigenvalue weighted by atomic mass is 10.1. The smallest absolute Gasteiger partial charge is 0.221 e. The van der Waals surface area contributed by atoms with E-state index >= 15 is 0 Å². The van der Waals surface area contributed by atoms with E-state index in [-0.39, 0.29) is 11.9 Å². The number of benzene rings is 1. The number of amides is 1. The lowest BCUT2D eigenvalue weighted by molar-refractivity contribution is -0.120. The molecule has 1 unspecified atom stereocenters. The Hall–Kier alpha value is -1.75. The highest BCUT2D eigenvalue weighted by Gasteiger charge is 2.12. The lowest BCUT2D eigenvalue weighted by Gasteiger charge is -2.19. The van der Waals surface area contributed by atoms with Crippen molar-refractivity contribution in [3.63, 3.8) is 0 Å². The molecule has 5 heteroatoms. The lowest BCUT2D eigenvalue weighted by Crippen LogP contribution is -2.34. The molecule has 0 spiro atoms. The summed E-state index contributed by atoms with van der Waals surface area (Å²) >= 11 is 0. The second kappa shape index (κ2) is 6.75. The number of nitrogens with one attached hydrogen (secondary N) is 2. The van der Waals surface area contributed by atoms with Gasteiger partial charge in [0.25, 0.3) is 0 Å². The third kappa shape index (κ3) is 3.96. The minimum Gasteiger partial charge on any atom is -0.495 e. The summed E-state index contributed by atoms with van der Waals surface area (Å²) in [5, 5.41) is 5.78. The highest BCUT2D eigenvalue weighted by atomic mass is 16.5. The van der Waals surface area contributed by atoms with E-state index in [0.29, 0.717) is 13.0 Å².